The summed E-state index contributed by atoms with van der Waals surface area (Å²) < 4.78 is 0. The number of carboxylic acid groups (broad SMARTS) is 1. The van der Waals surface area contributed by atoms with Crippen LogP contribution >= 0.6 is 0 Å². The number of carbonyl (C=O) groups is 3. The quantitative estimate of drug-likeness (QED) is 0.603. The van der Waals surface area contributed by atoms with Crippen molar-refractivity contribution < 1.29 is 19.5 Å². The van der Waals surface area contributed by atoms with Crippen molar-refractivity contribution in [2.45, 2.75) is 25.8 Å². The number of hydrogen-bond acceptors (Lipinski definition) is 4. The van der Waals surface area contributed by atoms with E-state index in [2.05, 4.69) is 15.3 Å². The Balaban J connectivity index is 2.62. The second-order valence-electron chi connectivity index (χ2n) is 5.63. The summed E-state index contributed by atoms with van der Waals surface area (Å²) in [5.41, 5.74) is -0.482. The highest BCUT2D eigenvalue weighted by atomic mass is 16.4. The Hall–Kier alpha value is -2.83. The Morgan fingerprint density at radius 3 is 2.57 bits per heavy atom. The molecule has 7 heteroatoms. The summed E-state index contributed by atoms with van der Waals surface area (Å²) in [5.74, 6) is -2.16. The molecular formula is C16H17N3O4. The van der Waals surface area contributed by atoms with Gasteiger partial charge in [-0.05, 0) is 36.1 Å². The number of pyridine rings is 1. The van der Waals surface area contributed by atoms with Crippen LogP contribution in [0.1, 0.15) is 25.8 Å². The fourth-order valence-electron chi connectivity index (χ4n) is 2.37. The van der Waals surface area contributed by atoms with E-state index in [1.54, 1.807) is 24.5 Å². The molecule has 0 saturated heterocycles. The van der Waals surface area contributed by atoms with Gasteiger partial charge < -0.3 is 10.4 Å². The molecule has 7 nitrogen and oxygen atoms in total. The minimum Gasteiger partial charge on any atom is -0.479 e. The number of nitrogens with zero attached hydrogens (tertiary/aromatic N) is 2. The Morgan fingerprint density at radius 2 is 2.04 bits per heavy atom. The molecule has 0 saturated carbocycles. The number of aromatic nitrogens is 1. The Labute approximate surface area is 133 Å². The average molecular weight is 315 g/mol. The van der Waals surface area contributed by atoms with E-state index >= 15 is 0 Å². The van der Waals surface area contributed by atoms with Gasteiger partial charge in [0.25, 0.3) is 5.91 Å². The van der Waals surface area contributed by atoms with Gasteiger partial charge in [0.05, 0.1) is 5.71 Å². The molecule has 1 aromatic heterocycles. The normalized spacial score (nSPS) is 20.7. The van der Waals surface area contributed by atoms with Crippen LogP contribution in [0.15, 0.2) is 35.6 Å². The molecule has 1 unspecified atom stereocenters. The minimum atomic E-state index is -2.18. The van der Waals surface area contributed by atoms with Crippen molar-refractivity contribution in [3.8, 4) is 0 Å². The van der Waals surface area contributed by atoms with Crippen LogP contribution in [-0.4, -0.2) is 39.6 Å². The van der Waals surface area contributed by atoms with Crippen molar-refractivity contribution >= 4 is 29.6 Å². The average Bonchev–Trinajstić information content (AvgIpc) is 2.50. The summed E-state index contributed by atoms with van der Waals surface area (Å²) in [6.45, 7) is 3.94. The van der Waals surface area contributed by atoms with Crippen LogP contribution < -0.4 is 5.32 Å². The molecule has 1 aromatic rings. The predicted octanol–water partition coefficient (Wildman–Crippen LogP) is 1.06. The fraction of sp³-hybridized carbons (Fsp3) is 0.312. The summed E-state index contributed by atoms with van der Waals surface area (Å²) in [6.07, 6.45) is 5.09. The topological polar surface area (TPSA) is 109 Å². The monoisotopic (exact) mass is 315 g/mol. The molecule has 2 rings (SSSR count). The van der Waals surface area contributed by atoms with E-state index in [0.29, 0.717) is 23.3 Å². The molecule has 2 heterocycles. The maximum atomic E-state index is 12.3. The summed E-state index contributed by atoms with van der Waals surface area (Å²) in [6, 6.07) is 3.40. The molecule has 1 aliphatic heterocycles. The predicted molar refractivity (Wildman–Crippen MR) is 83.7 cm³/mol. The van der Waals surface area contributed by atoms with Gasteiger partial charge in [-0.3, -0.25) is 14.6 Å². The Bertz CT molecular complexity index is 695. The lowest BCUT2D eigenvalue weighted by atomic mass is 9.85. The van der Waals surface area contributed by atoms with Crippen LogP contribution in [0.3, 0.4) is 0 Å². The third kappa shape index (κ3) is 3.18. The van der Waals surface area contributed by atoms with Crippen LogP contribution in [0.2, 0.25) is 0 Å². The van der Waals surface area contributed by atoms with Crippen molar-refractivity contribution in [2.24, 2.45) is 10.9 Å². The number of dihydropyridines is 1. The number of hydrogen-bond donors (Lipinski definition) is 2. The third-order valence-electron chi connectivity index (χ3n) is 3.46. The molecule has 120 valence electrons. The summed E-state index contributed by atoms with van der Waals surface area (Å²) >= 11 is 0. The van der Waals surface area contributed by atoms with E-state index < -0.39 is 17.4 Å². The first-order valence-electron chi connectivity index (χ1n) is 7.11. The lowest BCUT2D eigenvalue weighted by Gasteiger charge is -2.28. The number of aliphatic carboxylic acids is 1. The van der Waals surface area contributed by atoms with Crippen LogP contribution in [0, 0.1) is 5.92 Å². The summed E-state index contributed by atoms with van der Waals surface area (Å²) in [5, 5.41) is 11.5. The number of allylic oxidation sites excluding steroid dienone is 1. The van der Waals surface area contributed by atoms with E-state index in [1.165, 1.54) is 6.08 Å². The standard InChI is InChI=1S/C16H17N3O4/c1-10(2)7-13-12(11-3-5-17-6-4-11)8-16(15(22)23,18-9-20)14(21)19-13/h3-6,8-10H,7H2,1-2H3,(H,18,20)(H,22,23). The van der Waals surface area contributed by atoms with Gasteiger partial charge in [-0.2, -0.15) is 0 Å². The van der Waals surface area contributed by atoms with Crippen molar-refractivity contribution in [1.29, 1.82) is 0 Å². The zero-order chi connectivity index (χ0) is 17.0. The highest BCUT2D eigenvalue weighted by Crippen LogP contribution is 2.29. The molecule has 0 radical (unpaired) electrons. The first-order valence-corrected chi connectivity index (χ1v) is 7.11. The summed E-state index contributed by atoms with van der Waals surface area (Å²) in [4.78, 5) is 42.6. The van der Waals surface area contributed by atoms with Crippen LogP contribution in [0.5, 0.6) is 0 Å². The minimum absolute atomic E-state index is 0.190. The maximum Gasteiger partial charge on any atom is 0.343 e. The molecule has 0 aliphatic carbocycles. The highest BCUT2D eigenvalue weighted by molar-refractivity contribution is 6.32. The van der Waals surface area contributed by atoms with Crippen molar-refractivity contribution in [3.05, 3.63) is 36.2 Å². The van der Waals surface area contributed by atoms with E-state index in [4.69, 9.17) is 0 Å². The van der Waals surface area contributed by atoms with Crippen LogP contribution in [-0.2, 0) is 14.4 Å². The van der Waals surface area contributed by atoms with Gasteiger partial charge in [-0.15, -0.1) is 0 Å². The van der Waals surface area contributed by atoms with Gasteiger partial charge in [0.15, 0.2) is 0 Å². The Kier molecular flexibility index (Phi) is 4.68. The number of carboxylic acids is 1. The zero-order valence-corrected chi connectivity index (χ0v) is 12.8. The smallest absolute Gasteiger partial charge is 0.343 e. The number of amides is 2. The van der Waals surface area contributed by atoms with Crippen molar-refractivity contribution in [2.75, 3.05) is 0 Å². The van der Waals surface area contributed by atoms with E-state index in [9.17, 15) is 19.5 Å². The first kappa shape index (κ1) is 16.5. The van der Waals surface area contributed by atoms with Gasteiger partial charge in [0.2, 0.25) is 11.9 Å². The first-order chi connectivity index (χ1) is 10.9. The van der Waals surface area contributed by atoms with Crippen molar-refractivity contribution in [3.63, 3.8) is 0 Å². The van der Waals surface area contributed by atoms with Gasteiger partial charge in [-0.1, -0.05) is 13.8 Å². The number of rotatable bonds is 6. The van der Waals surface area contributed by atoms with Crippen LogP contribution in [0.25, 0.3) is 5.57 Å². The third-order valence-corrected chi connectivity index (χ3v) is 3.46. The fourth-order valence-corrected chi connectivity index (χ4v) is 2.37. The molecule has 0 aromatic carbocycles. The van der Waals surface area contributed by atoms with Crippen molar-refractivity contribution in [1.82, 2.24) is 10.3 Å². The lowest BCUT2D eigenvalue weighted by Crippen LogP contribution is -2.57. The van der Waals surface area contributed by atoms with E-state index in [1.807, 2.05) is 13.8 Å². The molecule has 1 aliphatic rings. The second-order valence-corrected chi connectivity index (χ2v) is 5.63. The summed E-state index contributed by atoms with van der Waals surface area (Å²) in [7, 11) is 0. The molecule has 23 heavy (non-hydrogen) atoms. The van der Waals surface area contributed by atoms with E-state index in [0.717, 1.165) is 0 Å². The molecule has 2 N–H and O–H groups in total. The SMILES string of the molecule is CC(C)CC1=NC(=O)C(NC=O)(C(=O)O)C=C1c1ccncc1. The van der Waals surface area contributed by atoms with Crippen LogP contribution in [0.4, 0.5) is 0 Å². The lowest BCUT2D eigenvalue weighted by molar-refractivity contribution is -0.148. The zero-order valence-electron chi connectivity index (χ0n) is 12.8. The Morgan fingerprint density at radius 1 is 1.39 bits per heavy atom. The second kappa shape index (κ2) is 6.51. The van der Waals surface area contributed by atoms with Gasteiger partial charge in [0.1, 0.15) is 0 Å². The van der Waals surface area contributed by atoms with Gasteiger partial charge in [0, 0.05) is 18.0 Å². The number of carbonyl (C=O) groups excluding carboxylic acids is 2. The number of nitrogens with one attached hydrogen (secondary N) is 1. The molecule has 2 amide bonds. The maximum absolute atomic E-state index is 12.3. The highest BCUT2D eigenvalue weighted by Gasteiger charge is 2.47. The molecule has 1 atom stereocenters. The largest absolute Gasteiger partial charge is 0.479 e. The van der Waals surface area contributed by atoms with Gasteiger partial charge >= 0.3 is 5.97 Å². The molecule has 0 spiro atoms. The molecule has 0 bridgehead atoms. The van der Waals surface area contributed by atoms with E-state index in [-0.39, 0.29) is 12.3 Å². The van der Waals surface area contributed by atoms with Gasteiger partial charge in [-0.25, -0.2) is 9.79 Å². The molecule has 0 fully saturated rings. The molecular weight excluding hydrogens is 298 g/mol. The number of aliphatic imine (C=N–C) groups is 1.